The van der Waals surface area contributed by atoms with Gasteiger partial charge in [-0.1, -0.05) is 32.0 Å². The van der Waals surface area contributed by atoms with E-state index < -0.39 is 17.7 Å². The molecule has 2 aromatic heterocycles. The maximum atomic E-state index is 12.9. The molecule has 3 saturated heterocycles. The fraction of sp³-hybridized carbons (Fsp3) is 0.590. The summed E-state index contributed by atoms with van der Waals surface area (Å²) in [5.41, 5.74) is 7.41. The van der Waals surface area contributed by atoms with E-state index >= 15 is 0 Å². The smallest absolute Gasteiger partial charge is 0.337 e. The van der Waals surface area contributed by atoms with Gasteiger partial charge in [-0.25, -0.2) is 9.78 Å². The Hall–Kier alpha value is -3.80. The number of anilines is 3. The number of ether oxygens (including phenoxy) is 3. The van der Waals surface area contributed by atoms with Crippen molar-refractivity contribution in [2.75, 3.05) is 60.8 Å². The zero-order valence-corrected chi connectivity index (χ0v) is 30.7. The quantitative estimate of drug-likeness (QED) is 0.322. The summed E-state index contributed by atoms with van der Waals surface area (Å²) in [4.78, 5) is 34.6. The summed E-state index contributed by atoms with van der Waals surface area (Å²) in [6, 6.07) is 8.97. The van der Waals surface area contributed by atoms with Gasteiger partial charge in [0.1, 0.15) is 5.82 Å². The summed E-state index contributed by atoms with van der Waals surface area (Å²) >= 11 is 0. The van der Waals surface area contributed by atoms with Crippen LogP contribution < -0.4 is 14.7 Å². The molecule has 11 heteroatoms. The Kier molecular flexibility index (Phi) is 9.28. The number of hydrogen-bond donors (Lipinski definition) is 1. The number of aryl methyl sites for hydroxylation is 2. The highest BCUT2D eigenvalue weighted by Gasteiger charge is 2.39. The molecule has 0 unspecified atom stereocenters. The molecule has 0 spiro atoms. The molecular weight excluding hydrogens is 632 g/mol. The van der Waals surface area contributed by atoms with Crippen molar-refractivity contribution >= 4 is 23.4 Å². The van der Waals surface area contributed by atoms with Crippen molar-refractivity contribution in [2.45, 2.75) is 98.1 Å². The van der Waals surface area contributed by atoms with Crippen LogP contribution in [0.4, 0.5) is 17.5 Å². The van der Waals surface area contributed by atoms with Crippen molar-refractivity contribution < 1.29 is 24.1 Å². The van der Waals surface area contributed by atoms with E-state index in [0.29, 0.717) is 37.7 Å². The molecule has 7 rings (SSSR count). The fourth-order valence-electron chi connectivity index (χ4n) is 8.02. The molecule has 1 N–H and O–H groups in total. The highest BCUT2D eigenvalue weighted by atomic mass is 16.5. The van der Waals surface area contributed by atoms with Crippen LogP contribution in [0.2, 0.25) is 0 Å². The molecule has 0 aliphatic carbocycles. The van der Waals surface area contributed by atoms with E-state index in [1.807, 2.05) is 46.9 Å². The van der Waals surface area contributed by atoms with Crippen LogP contribution in [0.1, 0.15) is 81.6 Å². The van der Waals surface area contributed by atoms with Crippen LogP contribution in [0.3, 0.4) is 0 Å². The largest absolute Gasteiger partial charge is 0.479 e. The molecule has 1 aromatic carbocycles. The number of hydrogen-bond acceptors (Lipinski definition) is 10. The number of benzene rings is 1. The molecule has 0 amide bonds. The number of rotatable bonds is 7. The van der Waals surface area contributed by atoms with Gasteiger partial charge in [0, 0.05) is 54.9 Å². The monoisotopic (exact) mass is 684 g/mol. The average molecular weight is 685 g/mol. The topological polar surface area (TPSA) is 113 Å². The van der Waals surface area contributed by atoms with Crippen LogP contribution in [-0.4, -0.2) is 89.8 Å². The van der Waals surface area contributed by atoms with Crippen molar-refractivity contribution in [1.29, 1.82) is 0 Å². The summed E-state index contributed by atoms with van der Waals surface area (Å²) in [5, 5.41) is 10.6. The van der Waals surface area contributed by atoms with E-state index in [-0.39, 0.29) is 17.5 Å². The molecule has 2 bridgehead atoms. The van der Waals surface area contributed by atoms with Crippen LogP contribution >= 0.6 is 0 Å². The number of aromatic nitrogens is 3. The number of carbonyl (C=O) groups is 1. The number of carboxylic acid groups (broad SMARTS) is 1. The van der Waals surface area contributed by atoms with Gasteiger partial charge in [-0.05, 0) is 82.1 Å². The molecule has 3 aromatic rings. The van der Waals surface area contributed by atoms with Gasteiger partial charge < -0.3 is 34.0 Å². The highest BCUT2D eigenvalue weighted by molar-refractivity contribution is 5.88. The Morgan fingerprint density at radius 1 is 0.940 bits per heavy atom. The first-order valence-corrected chi connectivity index (χ1v) is 18.1. The van der Waals surface area contributed by atoms with E-state index in [9.17, 15) is 9.90 Å². The van der Waals surface area contributed by atoms with Crippen LogP contribution in [0.5, 0.6) is 0 Å². The molecule has 1 atom stereocenters. The van der Waals surface area contributed by atoms with Crippen LogP contribution in [-0.2, 0) is 32.0 Å². The van der Waals surface area contributed by atoms with Crippen molar-refractivity contribution in [3.8, 4) is 11.1 Å². The summed E-state index contributed by atoms with van der Waals surface area (Å²) in [6.07, 6.45) is 3.64. The number of pyridine rings is 1. The molecule has 4 aliphatic heterocycles. The first-order chi connectivity index (χ1) is 23.8. The maximum Gasteiger partial charge on any atom is 0.337 e. The zero-order chi connectivity index (χ0) is 35.4. The SMILES string of the molecule is Cc1nc(C)c([C@H](OC(C)(C)C)C(=O)O)c(N2CCC(C)(C)CC2)c1-c1ccc2c(c1)CCN(c1ccnc(N3C4COCC3COC4)n1)C2. The number of nitrogens with zero attached hydrogens (tertiary/aromatic N) is 6. The second kappa shape index (κ2) is 13.4. The predicted molar refractivity (Wildman–Crippen MR) is 194 cm³/mol. The lowest BCUT2D eigenvalue weighted by atomic mass is 9.81. The molecule has 268 valence electrons. The summed E-state index contributed by atoms with van der Waals surface area (Å²) < 4.78 is 17.9. The molecular formula is C39H52N6O5. The minimum atomic E-state index is -1.14. The van der Waals surface area contributed by atoms with Crippen molar-refractivity contribution in [1.82, 2.24) is 15.0 Å². The maximum absolute atomic E-state index is 12.9. The summed E-state index contributed by atoms with van der Waals surface area (Å²) in [5.74, 6) is 0.668. The Bertz CT molecular complexity index is 1720. The van der Waals surface area contributed by atoms with Gasteiger partial charge in [-0.3, -0.25) is 4.98 Å². The number of morpholine rings is 2. The van der Waals surface area contributed by atoms with Crippen LogP contribution in [0, 0.1) is 19.3 Å². The molecule has 11 nitrogen and oxygen atoms in total. The van der Waals surface area contributed by atoms with Crippen molar-refractivity contribution in [2.24, 2.45) is 5.41 Å². The lowest BCUT2D eigenvalue weighted by molar-refractivity contribution is -0.160. The third-order valence-corrected chi connectivity index (χ3v) is 10.7. The van der Waals surface area contributed by atoms with Crippen molar-refractivity contribution in [3.63, 3.8) is 0 Å². The van der Waals surface area contributed by atoms with E-state index in [1.165, 1.54) is 11.1 Å². The van der Waals surface area contributed by atoms with Gasteiger partial charge in [0.25, 0.3) is 0 Å². The number of aliphatic carboxylic acids is 1. The summed E-state index contributed by atoms with van der Waals surface area (Å²) in [7, 11) is 0. The van der Waals surface area contributed by atoms with E-state index in [0.717, 1.165) is 79.7 Å². The van der Waals surface area contributed by atoms with E-state index in [2.05, 4.69) is 51.7 Å². The molecule has 50 heavy (non-hydrogen) atoms. The second-order valence-corrected chi connectivity index (χ2v) is 16.2. The first-order valence-electron chi connectivity index (χ1n) is 18.1. The standard InChI is InChI=1S/C39H52N6O5/c1-24-32(34(43-16-12-39(6,7)13-17-43)33(25(2)41-24)35(36(46)47)50-38(3,4)5)27-8-9-28-19-44(15-11-26(28)18-27)31-10-14-40-37(42-31)45-29-20-48-22-30(45)23-49-21-29/h8-10,14,18,29-30,35H,11-13,15-17,19-23H2,1-7H3,(H,46,47)/t29?,30?,35-/m0/s1. The van der Waals surface area contributed by atoms with Crippen LogP contribution in [0.15, 0.2) is 30.5 Å². The van der Waals surface area contributed by atoms with Gasteiger partial charge in [0.05, 0.1) is 49.8 Å². The predicted octanol–water partition coefficient (Wildman–Crippen LogP) is 5.89. The molecule has 4 aliphatic rings. The lowest BCUT2D eigenvalue weighted by Crippen LogP contribution is -2.60. The second-order valence-electron chi connectivity index (χ2n) is 16.2. The Labute approximate surface area is 296 Å². The van der Waals surface area contributed by atoms with E-state index in [4.69, 9.17) is 24.2 Å². The molecule has 6 heterocycles. The molecule has 0 saturated carbocycles. The first kappa shape index (κ1) is 34.6. The van der Waals surface area contributed by atoms with Gasteiger partial charge in [0.15, 0.2) is 6.10 Å². The Morgan fingerprint density at radius 2 is 1.62 bits per heavy atom. The van der Waals surface area contributed by atoms with Crippen LogP contribution in [0.25, 0.3) is 11.1 Å². The summed E-state index contributed by atoms with van der Waals surface area (Å²) in [6.45, 7) is 20.1. The molecule has 0 radical (unpaired) electrons. The van der Waals surface area contributed by atoms with E-state index in [1.54, 1.807) is 0 Å². The number of piperidine rings is 1. The highest BCUT2D eigenvalue weighted by Crippen LogP contribution is 2.45. The van der Waals surface area contributed by atoms with Gasteiger partial charge in [-0.2, -0.15) is 4.98 Å². The lowest BCUT2D eigenvalue weighted by Gasteiger charge is -2.45. The Morgan fingerprint density at radius 3 is 2.26 bits per heavy atom. The number of carboxylic acids is 1. The zero-order valence-electron chi connectivity index (χ0n) is 30.7. The third-order valence-electron chi connectivity index (χ3n) is 10.7. The minimum absolute atomic E-state index is 0.130. The Balaban J connectivity index is 1.23. The third kappa shape index (κ3) is 6.92. The normalized spacial score (nSPS) is 22.7. The number of fused-ring (bicyclic) bond motifs is 3. The van der Waals surface area contributed by atoms with Gasteiger partial charge >= 0.3 is 5.97 Å². The van der Waals surface area contributed by atoms with Crippen molar-refractivity contribution in [3.05, 3.63) is 58.5 Å². The fourth-order valence-corrected chi connectivity index (χ4v) is 8.02. The van der Waals surface area contributed by atoms with Gasteiger partial charge in [-0.15, -0.1) is 0 Å². The minimum Gasteiger partial charge on any atom is -0.479 e. The average Bonchev–Trinajstić information content (AvgIpc) is 3.06. The van der Waals surface area contributed by atoms with Gasteiger partial charge in [0.2, 0.25) is 5.95 Å². The molecule has 3 fully saturated rings.